The second-order valence-corrected chi connectivity index (χ2v) is 7.73. The summed E-state index contributed by atoms with van der Waals surface area (Å²) in [4.78, 5) is 22.1. The van der Waals surface area contributed by atoms with Gasteiger partial charge >= 0.3 is 6.01 Å². The molecule has 148 valence electrons. The second kappa shape index (κ2) is 8.44. The lowest BCUT2D eigenvalue weighted by atomic mass is 10.2. The summed E-state index contributed by atoms with van der Waals surface area (Å²) in [6.07, 6.45) is 2.61. The smallest absolute Gasteiger partial charge is 0.322 e. The SMILES string of the molecule is O=C(/C=C\c1ccc([N+](=O)[O-])cc1)Nc1nnc(CS(=O)(=O)c2ccccc2)o1. The van der Waals surface area contributed by atoms with Crippen LogP contribution in [0.4, 0.5) is 11.7 Å². The van der Waals surface area contributed by atoms with Crippen LogP contribution in [0.5, 0.6) is 0 Å². The second-order valence-electron chi connectivity index (χ2n) is 5.74. The van der Waals surface area contributed by atoms with E-state index in [0.29, 0.717) is 5.56 Å². The minimum Gasteiger partial charge on any atom is -0.407 e. The summed E-state index contributed by atoms with van der Waals surface area (Å²) >= 11 is 0. The molecule has 0 unspecified atom stereocenters. The van der Waals surface area contributed by atoms with E-state index in [-0.39, 0.29) is 22.5 Å². The van der Waals surface area contributed by atoms with Gasteiger partial charge in [-0.3, -0.25) is 20.2 Å². The van der Waals surface area contributed by atoms with E-state index in [4.69, 9.17) is 4.42 Å². The molecule has 1 heterocycles. The lowest BCUT2D eigenvalue weighted by Gasteiger charge is -2.00. The van der Waals surface area contributed by atoms with Crippen LogP contribution in [0.3, 0.4) is 0 Å². The molecule has 0 atom stereocenters. The van der Waals surface area contributed by atoms with Crippen LogP contribution >= 0.6 is 0 Å². The lowest BCUT2D eigenvalue weighted by molar-refractivity contribution is -0.384. The molecule has 0 aliphatic heterocycles. The number of carbonyl (C=O) groups excluding carboxylic acids is 1. The maximum atomic E-state index is 12.3. The summed E-state index contributed by atoms with van der Waals surface area (Å²) in [7, 11) is -3.66. The summed E-state index contributed by atoms with van der Waals surface area (Å²) in [6, 6.07) is 13.2. The number of non-ortho nitro benzene ring substituents is 1. The molecule has 0 spiro atoms. The fourth-order valence-electron chi connectivity index (χ4n) is 2.26. The Morgan fingerprint density at radius 1 is 1.10 bits per heavy atom. The quantitative estimate of drug-likeness (QED) is 0.353. The highest BCUT2D eigenvalue weighted by Crippen LogP contribution is 2.17. The third-order valence-corrected chi connectivity index (χ3v) is 5.26. The zero-order valence-electron chi connectivity index (χ0n) is 14.8. The number of sulfone groups is 1. The van der Waals surface area contributed by atoms with E-state index in [1.807, 2.05) is 0 Å². The summed E-state index contributed by atoms with van der Waals surface area (Å²) < 4.78 is 29.7. The Hall–Kier alpha value is -3.86. The van der Waals surface area contributed by atoms with Crippen LogP contribution in [0.1, 0.15) is 11.5 Å². The summed E-state index contributed by atoms with van der Waals surface area (Å²) in [5, 5.41) is 20.2. The minimum absolute atomic E-state index is 0.0598. The van der Waals surface area contributed by atoms with Crippen LogP contribution in [-0.4, -0.2) is 29.4 Å². The van der Waals surface area contributed by atoms with Crippen LogP contribution in [0, 0.1) is 10.1 Å². The van der Waals surface area contributed by atoms with Crippen molar-refractivity contribution in [3.8, 4) is 0 Å². The predicted octanol–water partition coefficient (Wildman–Crippen LogP) is 2.60. The predicted molar refractivity (Wildman–Crippen MR) is 102 cm³/mol. The number of nitrogens with one attached hydrogen (secondary N) is 1. The van der Waals surface area contributed by atoms with Crippen molar-refractivity contribution < 1.29 is 22.6 Å². The number of amides is 1. The molecule has 1 aromatic heterocycles. The van der Waals surface area contributed by atoms with Crippen LogP contribution in [-0.2, 0) is 20.4 Å². The van der Waals surface area contributed by atoms with Crippen molar-refractivity contribution in [1.82, 2.24) is 10.2 Å². The number of carbonyl (C=O) groups is 1. The number of benzene rings is 2. The molecule has 0 aliphatic rings. The van der Waals surface area contributed by atoms with Gasteiger partial charge in [-0.2, -0.15) is 0 Å². The number of anilines is 1. The Balaban J connectivity index is 1.61. The number of nitro benzene ring substituents is 1. The van der Waals surface area contributed by atoms with Crippen LogP contribution < -0.4 is 5.32 Å². The first-order valence-electron chi connectivity index (χ1n) is 8.17. The Labute approximate surface area is 165 Å². The van der Waals surface area contributed by atoms with Crippen LogP contribution in [0.15, 0.2) is 70.0 Å². The van der Waals surface area contributed by atoms with Gasteiger partial charge in [0.1, 0.15) is 5.75 Å². The third kappa shape index (κ3) is 5.32. The van der Waals surface area contributed by atoms with Crippen molar-refractivity contribution in [2.24, 2.45) is 0 Å². The Bertz CT molecular complexity index is 1150. The van der Waals surface area contributed by atoms with Gasteiger partial charge in [-0.15, -0.1) is 5.10 Å². The van der Waals surface area contributed by atoms with Gasteiger partial charge in [-0.25, -0.2) is 8.42 Å². The molecule has 0 saturated heterocycles. The topological polar surface area (TPSA) is 145 Å². The first-order valence-corrected chi connectivity index (χ1v) is 9.82. The monoisotopic (exact) mass is 414 g/mol. The molecule has 3 rings (SSSR count). The van der Waals surface area contributed by atoms with Gasteiger partial charge in [-0.05, 0) is 35.9 Å². The molecule has 2 aromatic carbocycles. The number of rotatable bonds is 7. The molecule has 10 nitrogen and oxygen atoms in total. The lowest BCUT2D eigenvalue weighted by Crippen LogP contribution is -2.08. The minimum atomic E-state index is -3.66. The Morgan fingerprint density at radius 3 is 2.45 bits per heavy atom. The number of hydrogen-bond acceptors (Lipinski definition) is 8. The average Bonchev–Trinajstić information content (AvgIpc) is 3.13. The van der Waals surface area contributed by atoms with Gasteiger partial charge < -0.3 is 4.42 Å². The van der Waals surface area contributed by atoms with Crippen molar-refractivity contribution in [2.45, 2.75) is 10.6 Å². The Kier molecular flexibility index (Phi) is 5.79. The number of aromatic nitrogens is 2. The molecule has 0 aliphatic carbocycles. The highest BCUT2D eigenvalue weighted by atomic mass is 32.2. The van der Waals surface area contributed by atoms with E-state index in [2.05, 4.69) is 15.5 Å². The molecular formula is C18H14N4O6S. The molecule has 1 amide bonds. The van der Waals surface area contributed by atoms with Gasteiger partial charge in [-0.1, -0.05) is 23.3 Å². The van der Waals surface area contributed by atoms with E-state index < -0.39 is 26.4 Å². The normalized spacial score (nSPS) is 11.4. The first kappa shape index (κ1) is 19.9. The zero-order chi connectivity index (χ0) is 20.9. The van der Waals surface area contributed by atoms with Crippen molar-refractivity contribution in [1.29, 1.82) is 0 Å². The fraction of sp³-hybridized carbons (Fsp3) is 0.0556. The summed E-state index contributed by atoms with van der Waals surface area (Å²) in [6.45, 7) is 0. The molecule has 0 bridgehead atoms. The molecule has 1 N–H and O–H groups in total. The maximum absolute atomic E-state index is 12.3. The van der Waals surface area contributed by atoms with Gasteiger partial charge in [0.15, 0.2) is 9.84 Å². The van der Waals surface area contributed by atoms with Crippen LogP contribution in [0.2, 0.25) is 0 Å². The number of nitro groups is 1. The Morgan fingerprint density at radius 2 is 1.79 bits per heavy atom. The van der Waals surface area contributed by atoms with E-state index >= 15 is 0 Å². The standard InChI is InChI=1S/C18H14N4O6S/c23-16(11-8-13-6-9-14(10-7-13)22(24)25)19-18-21-20-17(28-18)12-29(26,27)15-4-2-1-3-5-15/h1-11H,12H2,(H,19,21,23)/b11-8-. The third-order valence-electron chi connectivity index (χ3n) is 3.64. The van der Waals surface area contributed by atoms with Crippen molar-refractivity contribution in [2.75, 3.05) is 5.32 Å². The van der Waals surface area contributed by atoms with Gasteiger partial charge in [0.2, 0.25) is 5.89 Å². The van der Waals surface area contributed by atoms with E-state index in [1.54, 1.807) is 18.2 Å². The van der Waals surface area contributed by atoms with Crippen molar-refractivity contribution in [3.05, 3.63) is 82.2 Å². The average molecular weight is 414 g/mol. The highest BCUT2D eigenvalue weighted by Gasteiger charge is 2.19. The largest absolute Gasteiger partial charge is 0.407 e. The van der Waals surface area contributed by atoms with E-state index in [9.17, 15) is 23.3 Å². The molecule has 0 saturated carbocycles. The number of nitrogens with zero attached hydrogens (tertiary/aromatic N) is 3. The number of hydrogen-bond donors (Lipinski definition) is 1. The molecule has 29 heavy (non-hydrogen) atoms. The molecule has 0 fully saturated rings. The maximum Gasteiger partial charge on any atom is 0.322 e. The fourth-order valence-corrected chi connectivity index (χ4v) is 3.44. The first-order chi connectivity index (χ1) is 13.8. The molecular weight excluding hydrogens is 400 g/mol. The van der Waals surface area contributed by atoms with E-state index in [0.717, 1.165) is 0 Å². The van der Waals surface area contributed by atoms with Crippen LogP contribution in [0.25, 0.3) is 6.08 Å². The van der Waals surface area contributed by atoms with Crippen molar-refractivity contribution in [3.63, 3.8) is 0 Å². The van der Waals surface area contributed by atoms with Gasteiger partial charge in [0.25, 0.3) is 11.6 Å². The highest BCUT2D eigenvalue weighted by molar-refractivity contribution is 7.90. The van der Waals surface area contributed by atoms with Crippen molar-refractivity contribution >= 4 is 33.5 Å². The summed E-state index contributed by atoms with van der Waals surface area (Å²) in [5.41, 5.74) is 0.515. The summed E-state index contributed by atoms with van der Waals surface area (Å²) in [5.74, 6) is -1.26. The van der Waals surface area contributed by atoms with Gasteiger partial charge in [0, 0.05) is 18.2 Å². The van der Waals surface area contributed by atoms with E-state index in [1.165, 1.54) is 48.6 Å². The molecule has 3 aromatic rings. The molecule has 11 heteroatoms. The van der Waals surface area contributed by atoms with Gasteiger partial charge in [0.05, 0.1) is 9.82 Å². The molecule has 0 radical (unpaired) electrons. The zero-order valence-corrected chi connectivity index (χ0v) is 15.6.